The Bertz CT molecular complexity index is 622. The summed E-state index contributed by atoms with van der Waals surface area (Å²) in [7, 11) is -2.99. The smallest absolute Gasteiger partial charge is 0.226 e. The molecule has 3 rings (SSSR count). The molecule has 0 unspecified atom stereocenters. The zero-order valence-corrected chi connectivity index (χ0v) is 13.5. The second kappa shape index (κ2) is 6.36. The Morgan fingerprint density at radius 1 is 1.27 bits per heavy atom. The number of carbonyl (C=O) groups is 1. The van der Waals surface area contributed by atoms with E-state index < -0.39 is 9.84 Å². The molecule has 0 aliphatic carbocycles. The number of nitrogens with zero attached hydrogens (tertiary/aromatic N) is 2. The lowest BCUT2D eigenvalue weighted by atomic mass is 9.90. The summed E-state index contributed by atoms with van der Waals surface area (Å²) in [5.74, 6) is 0.531. The molecule has 2 aliphatic heterocycles. The second-order valence-corrected chi connectivity index (χ2v) is 8.66. The van der Waals surface area contributed by atoms with Crippen LogP contribution in [0.25, 0.3) is 0 Å². The molecule has 1 atom stereocenters. The minimum absolute atomic E-state index is 0.0425. The van der Waals surface area contributed by atoms with Gasteiger partial charge < -0.3 is 4.90 Å². The molecular formula is C16H22N2O3S. The van der Waals surface area contributed by atoms with Crippen LogP contribution in [0, 0.1) is 11.8 Å². The van der Waals surface area contributed by atoms with E-state index in [1.54, 1.807) is 6.20 Å². The van der Waals surface area contributed by atoms with Crippen LogP contribution in [0.5, 0.6) is 0 Å². The molecule has 0 saturated carbocycles. The molecule has 0 N–H and O–H groups in total. The van der Waals surface area contributed by atoms with Crippen LogP contribution in [-0.4, -0.2) is 48.8 Å². The van der Waals surface area contributed by atoms with Crippen molar-refractivity contribution in [2.75, 3.05) is 24.6 Å². The number of aromatic nitrogens is 1. The fraction of sp³-hybridized carbons (Fsp3) is 0.625. The van der Waals surface area contributed by atoms with Crippen LogP contribution >= 0.6 is 0 Å². The van der Waals surface area contributed by atoms with Crippen molar-refractivity contribution in [3.8, 4) is 0 Å². The Labute approximate surface area is 131 Å². The van der Waals surface area contributed by atoms with E-state index in [1.807, 2.05) is 17.2 Å². The third-order valence-corrected chi connectivity index (χ3v) is 6.52. The molecule has 0 radical (unpaired) electrons. The highest BCUT2D eigenvalue weighted by atomic mass is 32.2. The molecule has 0 spiro atoms. The first-order valence-electron chi connectivity index (χ1n) is 7.91. The Morgan fingerprint density at radius 3 is 2.64 bits per heavy atom. The number of pyridine rings is 1. The molecule has 2 fully saturated rings. The minimum Gasteiger partial charge on any atom is -0.342 e. The van der Waals surface area contributed by atoms with E-state index in [0.29, 0.717) is 12.3 Å². The third kappa shape index (κ3) is 3.66. The summed E-state index contributed by atoms with van der Waals surface area (Å²) in [4.78, 5) is 18.4. The van der Waals surface area contributed by atoms with Crippen molar-refractivity contribution in [1.82, 2.24) is 9.88 Å². The first-order chi connectivity index (χ1) is 10.5. The maximum atomic E-state index is 12.4. The van der Waals surface area contributed by atoms with Crippen molar-refractivity contribution >= 4 is 15.7 Å². The fourth-order valence-electron chi connectivity index (χ4n) is 3.46. The van der Waals surface area contributed by atoms with Crippen molar-refractivity contribution in [3.63, 3.8) is 0 Å². The maximum Gasteiger partial charge on any atom is 0.226 e. The van der Waals surface area contributed by atoms with Crippen LogP contribution in [0.1, 0.15) is 24.8 Å². The van der Waals surface area contributed by atoms with E-state index in [2.05, 4.69) is 11.1 Å². The molecule has 1 aromatic rings. The van der Waals surface area contributed by atoms with Gasteiger partial charge in [0.15, 0.2) is 9.84 Å². The Hall–Kier alpha value is -1.43. The van der Waals surface area contributed by atoms with Gasteiger partial charge in [0.1, 0.15) is 0 Å². The van der Waals surface area contributed by atoms with E-state index in [1.165, 1.54) is 5.56 Å². The van der Waals surface area contributed by atoms with Gasteiger partial charge in [0.25, 0.3) is 0 Å². The summed E-state index contributed by atoms with van der Waals surface area (Å²) in [6.45, 7) is 1.50. The number of carbonyl (C=O) groups excluding carboxylic acids is 1. The summed E-state index contributed by atoms with van der Waals surface area (Å²) in [5.41, 5.74) is 1.24. The summed E-state index contributed by atoms with van der Waals surface area (Å²) >= 11 is 0. The van der Waals surface area contributed by atoms with Gasteiger partial charge in [-0.15, -0.1) is 0 Å². The molecule has 2 aliphatic rings. The van der Waals surface area contributed by atoms with Gasteiger partial charge in [-0.1, -0.05) is 6.07 Å². The van der Waals surface area contributed by atoms with Gasteiger partial charge in [0, 0.05) is 25.5 Å². The number of piperidine rings is 1. The van der Waals surface area contributed by atoms with E-state index in [4.69, 9.17) is 0 Å². The molecule has 0 bridgehead atoms. The quantitative estimate of drug-likeness (QED) is 0.841. The highest BCUT2D eigenvalue weighted by Gasteiger charge is 2.36. The average molecular weight is 322 g/mol. The third-order valence-electron chi connectivity index (χ3n) is 4.76. The predicted octanol–water partition coefficient (Wildman–Crippen LogP) is 1.30. The van der Waals surface area contributed by atoms with Crippen LogP contribution in [0.15, 0.2) is 24.5 Å². The van der Waals surface area contributed by atoms with Gasteiger partial charge in [-0.25, -0.2) is 8.42 Å². The van der Waals surface area contributed by atoms with E-state index >= 15 is 0 Å². The Morgan fingerprint density at radius 2 is 2.05 bits per heavy atom. The first-order valence-corrected chi connectivity index (χ1v) is 9.74. The maximum absolute atomic E-state index is 12.4. The monoisotopic (exact) mass is 322 g/mol. The van der Waals surface area contributed by atoms with Crippen molar-refractivity contribution in [1.29, 1.82) is 0 Å². The largest absolute Gasteiger partial charge is 0.342 e. The molecule has 120 valence electrons. The van der Waals surface area contributed by atoms with Crippen LogP contribution in [-0.2, 0) is 21.1 Å². The molecule has 22 heavy (non-hydrogen) atoms. The van der Waals surface area contributed by atoms with Crippen molar-refractivity contribution in [2.45, 2.75) is 25.7 Å². The molecule has 1 aromatic heterocycles. The van der Waals surface area contributed by atoms with E-state index in [9.17, 15) is 13.2 Å². The lowest BCUT2D eigenvalue weighted by molar-refractivity contribution is -0.136. The van der Waals surface area contributed by atoms with Gasteiger partial charge in [0.05, 0.1) is 17.4 Å². The lowest BCUT2D eigenvalue weighted by Gasteiger charge is -2.33. The Kier molecular flexibility index (Phi) is 4.47. The van der Waals surface area contributed by atoms with Crippen molar-refractivity contribution < 1.29 is 13.2 Å². The highest BCUT2D eigenvalue weighted by Crippen LogP contribution is 2.25. The number of rotatable bonds is 3. The highest BCUT2D eigenvalue weighted by molar-refractivity contribution is 7.91. The van der Waals surface area contributed by atoms with Crippen LogP contribution < -0.4 is 0 Å². The minimum atomic E-state index is -2.99. The molecule has 3 heterocycles. The van der Waals surface area contributed by atoms with E-state index in [-0.39, 0.29) is 23.3 Å². The van der Waals surface area contributed by atoms with Crippen LogP contribution in [0.2, 0.25) is 0 Å². The van der Waals surface area contributed by atoms with Crippen molar-refractivity contribution in [2.24, 2.45) is 11.8 Å². The van der Waals surface area contributed by atoms with Gasteiger partial charge >= 0.3 is 0 Å². The second-order valence-electron chi connectivity index (χ2n) is 6.43. The summed E-state index contributed by atoms with van der Waals surface area (Å²) in [6.07, 6.45) is 7.16. The standard InChI is InChI=1S/C16H22N2O3S/c19-16(15-5-9-22(20,21)12-15)18-7-3-13(4-8-18)10-14-2-1-6-17-11-14/h1-2,6,11,13,15H,3-5,7-10,12H2/t15-/m1/s1. The molecule has 1 amide bonds. The molecule has 6 heteroatoms. The summed E-state index contributed by atoms with van der Waals surface area (Å²) in [6, 6.07) is 4.04. The Balaban J connectivity index is 1.50. The topological polar surface area (TPSA) is 67.3 Å². The number of hydrogen-bond acceptors (Lipinski definition) is 4. The van der Waals surface area contributed by atoms with Crippen molar-refractivity contribution in [3.05, 3.63) is 30.1 Å². The van der Waals surface area contributed by atoms with Gasteiger partial charge in [0.2, 0.25) is 5.91 Å². The lowest BCUT2D eigenvalue weighted by Crippen LogP contribution is -2.42. The zero-order valence-electron chi connectivity index (χ0n) is 12.6. The average Bonchev–Trinajstić information content (AvgIpc) is 2.88. The predicted molar refractivity (Wildman–Crippen MR) is 84.0 cm³/mol. The number of hydrogen-bond donors (Lipinski definition) is 0. The van der Waals surface area contributed by atoms with Crippen LogP contribution in [0.4, 0.5) is 0 Å². The SMILES string of the molecule is O=C([C@@H]1CCS(=O)(=O)C1)N1CCC(Cc2cccnc2)CC1. The first kappa shape index (κ1) is 15.5. The molecular weight excluding hydrogens is 300 g/mol. The molecule has 2 saturated heterocycles. The van der Waals surface area contributed by atoms with Gasteiger partial charge in [-0.05, 0) is 43.2 Å². The van der Waals surface area contributed by atoms with E-state index in [0.717, 1.165) is 32.4 Å². The fourth-order valence-corrected chi connectivity index (χ4v) is 5.19. The summed E-state index contributed by atoms with van der Waals surface area (Å²) in [5, 5.41) is 0. The zero-order chi connectivity index (χ0) is 15.6. The van der Waals surface area contributed by atoms with Crippen LogP contribution in [0.3, 0.4) is 0 Å². The normalized spacial score (nSPS) is 25.3. The number of sulfone groups is 1. The number of amides is 1. The van der Waals surface area contributed by atoms with Gasteiger partial charge in [-0.3, -0.25) is 9.78 Å². The van der Waals surface area contributed by atoms with Gasteiger partial charge in [-0.2, -0.15) is 0 Å². The molecule has 5 nitrogen and oxygen atoms in total. The number of likely N-dealkylation sites (tertiary alicyclic amines) is 1. The summed E-state index contributed by atoms with van der Waals surface area (Å²) < 4.78 is 23.0. The molecule has 0 aromatic carbocycles.